The van der Waals surface area contributed by atoms with Crippen LogP contribution >= 0.6 is 11.8 Å². The predicted octanol–water partition coefficient (Wildman–Crippen LogP) is 5.28. The highest BCUT2D eigenvalue weighted by Gasteiger charge is 2.32. The van der Waals surface area contributed by atoms with Gasteiger partial charge in [0.15, 0.2) is 0 Å². The monoisotopic (exact) mass is 355 g/mol. The summed E-state index contributed by atoms with van der Waals surface area (Å²) < 4.78 is 11.7. The molecule has 1 aliphatic rings. The zero-order valence-electron chi connectivity index (χ0n) is 15.5. The summed E-state index contributed by atoms with van der Waals surface area (Å²) >= 11 is 1.73. The number of nitrogens with zero attached hydrogens (tertiary/aromatic N) is 1. The molecule has 0 N–H and O–H groups in total. The third-order valence-corrected chi connectivity index (χ3v) is 5.30. The molecular weight excluding hydrogens is 330 g/mol. The molecule has 0 aromatic heterocycles. The van der Waals surface area contributed by atoms with Gasteiger partial charge in [-0.1, -0.05) is 45.0 Å². The van der Waals surface area contributed by atoms with E-state index < -0.39 is 0 Å². The molecule has 4 heteroatoms. The molecule has 0 spiro atoms. The standard InChI is InChI=1S/C21H25NO2S/c1-21(2,3)18-13-24-20(22-18)15-10-8-11-16(23-4)19(15)14-9-6-7-12-17(14)25-5/h6-12,18H,13H2,1-5H3/t18-/m1/s1. The molecule has 1 atom stereocenters. The maximum Gasteiger partial charge on any atom is 0.217 e. The number of rotatable bonds is 4. The van der Waals surface area contributed by atoms with Crippen molar-refractivity contribution in [2.45, 2.75) is 31.7 Å². The van der Waals surface area contributed by atoms with E-state index in [1.165, 1.54) is 4.90 Å². The Labute approximate surface area is 154 Å². The number of hydrogen-bond acceptors (Lipinski definition) is 4. The molecule has 0 saturated carbocycles. The van der Waals surface area contributed by atoms with E-state index in [4.69, 9.17) is 14.5 Å². The van der Waals surface area contributed by atoms with Crippen molar-refractivity contribution in [2.24, 2.45) is 10.4 Å². The molecule has 0 saturated heterocycles. The highest BCUT2D eigenvalue weighted by atomic mass is 32.2. The molecule has 1 heterocycles. The van der Waals surface area contributed by atoms with Crippen molar-refractivity contribution in [2.75, 3.05) is 20.0 Å². The van der Waals surface area contributed by atoms with Gasteiger partial charge in [-0.05, 0) is 35.4 Å². The zero-order valence-corrected chi connectivity index (χ0v) is 16.3. The Morgan fingerprint density at radius 1 is 1.08 bits per heavy atom. The molecule has 3 nitrogen and oxygen atoms in total. The third-order valence-electron chi connectivity index (χ3n) is 4.50. The fourth-order valence-corrected chi connectivity index (χ4v) is 3.58. The third kappa shape index (κ3) is 3.54. The van der Waals surface area contributed by atoms with Crippen molar-refractivity contribution in [1.82, 2.24) is 0 Å². The number of thioether (sulfide) groups is 1. The smallest absolute Gasteiger partial charge is 0.217 e. The first-order valence-electron chi connectivity index (χ1n) is 8.47. The van der Waals surface area contributed by atoms with E-state index in [9.17, 15) is 0 Å². The molecule has 1 aliphatic heterocycles. The van der Waals surface area contributed by atoms with Gasteiger partial charge < -0.3 is 9.47 Å². The van der Waals surface area contributed by atoms with E-state index in [1.807, 2.05) is 12.1 Å². The Morgan fingerprint density at radius 2 is 1.80 bits per heavy atom. The van der Waals surface area contributed by atoms with Crippen LogP contribution in [0.3, 0.4) is 0 Å². The molecule has 132 valence electrons. The van der Waals surface area contributed by atoms with E-state index in [-0.39, 0.29) is 11.5 Å². The van der Waals surface area contributed by atoms with Crippen LogP contribution in [-0.4, -0.2) is 31.9 Å². The van der Waals surface area contributed by atoms with Gasteiger partial charge in [-0.15, -0.1) is 11.8 Å². The van der Waals surface area contributed by atoms with E-state index in [0.717, 1.165) is 22.4 Å². The van der Waals surface area contributed by atoms with Crippen molar-refractivity contribution in [1.29, 1.82) is 0 Å². The first-order chi connectivity index (χ1) is 12.0. The van der Waals surface area contributed by atoms with Crippen LogP contribution in [0, 0.1) is 5.41 Å². The topological polar surface area (TPSA) is 30.8 Å². The summed E-state index contributed by atoms with van der Waals surface area (Å²) in [5, 5.41) is 0. The van der Waals surface area contributed by atoms with E-state index >= 15 is 0 Å². The lowest BCUT2D eigenvalue weighted by Gasteiger charge is -2.21. The second-order valence-corrected chi connectivity index (χ2v) is 8.06. The molecule has 25 heavy (non-hydrogen) atoms. The van der Waals surface area contributed by atoms with Crippen molar-refractivity contribution < 1.29 is 9.47 Å². The molecule has 3 rings (SSSR count). The van der Waals surface area contributed by atoms with E-state index in [1.54, 1.807) is 18.9 Å². The van der Waals surface area contributed by atoms with Crippen LogP contribution in [0.1, 0.15) is 26.3 Å². The minimum Gasteiger partial charge on any atom is -0.496 e. The van der Waals surface area contributed by atoms with E-state index in [0.29, 0.717) is 12.5 Å². The van der Waals surface area contributed by atoms with Gasteiger partial charge in [-0.2, -0.15) is 0 Å². The highest BCUT2D eigenvalue weighted by Crippen LogP contribution is 2.40. The number of benzene rings is 2. The Balaban J connectivity index is 2.17. The maximum absolute atomic E-state index is 6.00. The van der Waals surface area contributed by atoms with Gasteiger partial charge in [-0.25, -0.2) is 4.99 Å². The summed E-state index contributed by atoms with van der Waals surface area (Å²) in [5.74, 6) is 1.55. The second-order valence-electron chi connectivity index (χ2n) is 7.21. The Morgan fingerprint density at radius 3 is 2.44 bits per heavy atom. The lowest BCUT2D eigenvalue weighted by Crippen LogP contribution is -2.25. The lowest BCUT2D eigenvalue weighted by atomic mass is 9.88. The summed E-state index contributed by atoms with van der Waals surface area (Å²) in [6.45, 7) is 7.22. The molecule has 2 aromatic carbocycles. The summed E-state index contributed by atoms with van der Waals surface area (Å²) in [7, 11) is 1.71. The predicted molar refractivity (Wildman–Crippen MR) is 106 cm³/mol. The number of hydrogen-bond donors (Lipinski definition) is 0. The average Bonchev–Trinajstić information content (AvgIpc) is 3.11. The Kier molecular flexibility index (Phi) is 5.09. The molecule has 0 bridgehead atoms. The van der Waals surface area contributed by atoms with Crippen LogP contribution in [0.25, 0.3) is 11.1 Å². The SMILES string of the molecule is COc1cccc(C2=N[C@@H](C(C)(C)C)CO2)c1-c1ccccc1SC. The summed E-state index contributed by atoms with van der Waals surface area (Å²) in [6, 6.07) is 14.6. The van der Waals surface area contributed by atoms with E-state index in [2.05, 4.69) is 57.4 Å². The summed E-state index contributed by atoms with van der Waals surface area (Å²) in [4.78, 5) is 6.09. The minimum absolute atomic E-state index is 0.0813. The van der Waals surface area contributed by atoms with Crippen LogP contribution in [0.15, 0.2) is 52.4 Å². The normalized spacial score (nSPS) is 17.2. The largest absolute Gasteiger partial charge is 0.496 e. The van der Waals surface area contributed by atoms with Crippen LogP contribution in [0.2, 0.25) is 0 Å². The van der Waals surface area contributed by atoms with Gasteiger partial charge >= 0.3 is 0 Å². The van der Waals surface area contributed by atoms with Crippen LogP contribution < -0.4 is 4.74 Å². The van der Waals surface area contributed by atoms with Crippen LogP contribution in [-0.2, 0) is 4.74 Å². The Bertz CT molecular complexity index is 793. The van der Waals surface area contributed by atoms with Gasteiger partial charge in [0.25, 0.3) is 0 Å². The molecule has 0 aliphatic carbocycles. The van der Waals surface area contributed by atoms with Gasteiger partial charge in [0, 0.05) is 16.0 Å². The first-order valence-corrected chi connectivity index (χ1v) is 9.69. The number of methoxy groups -OCH3 is 1. The fourth-order valence-electron chi connectivity index (χ4n) is 2.97. The van der Waals surface area contributed by atoms with Gasteiger partial charge in [0.05, 0.1) is 13.2 Å². The minimum atomic E-state index is 0.0813. The highest BCUT2D eigenvalue weighted by molar-refractivity contribution is 7.98. The van der Waals surface area contributed by atoms with Crippen LogP contribution in [0.4, 0.5) is 0 Å². The Hall–Kier alpha value is -1.94. The van der Waals surface area contributed by atoms with Crippen molar-refractivity contribution in [3.8, 4) is 16.9 Å². The molecule has 2 aromatic rings. The van der Waals surface area contributed by atoms with Gasteiger partial charge in [0.1, 0.15) is 12.4 Å². The second kappa shape index (κ2) is 7.12. The molecule has 0 radical (unpaired) electrons. The molecular formula is C21H25NO2S. The quantitative estimate of drug-likeness (QED) is 0.700. The van der Waals surface area contributed by atoms with Gasteiger partial charge in [0.2, 0.25) is 5.90 Å². The zero-order chi connectivity index (χ0) is 18.0. The fraction of sp³-hybridized carbons (Fsp3) is 0.381. The summed E-state index contributed by atoms with van der Waals surface area (Å²) in [5.41, 5.74) is 3.27. The molecule has 0 amide bonds. The molecule has 0 unspecified atom stereocenters. The van der Waals surface area contributed by atoms with Crippen molar-refractivity contribution >= 4 is 17.7 Å². The first kappa shape index (κ1) is 17.9. The lowest BCUT2D eigenvalue weighted by molar-refractivity contribution is 0.236. The number of aliphatic imine (C=N–C) groups is 1. The summed E-state index contributed by atoms with van der Waals surface area (Å²) in [6.07, 6.45) is 2.09. The van der Waals surface area contributed by atoms with Gasteiger partial charge in [-0.3, -0.25) is 0 Å². The molecule has 0 fully saturated rings. The number of ether oxygens (including phenoxy) is 2. The maximum atomic E-state index is 6.00. The van der Waals surface area contributed by atoms with Crippen LogP contribution in [0.5, 0.6) is 5.75 Å². The van der Waals surface area contributed by atoms with Crippen molar-refractivity contribution in [3.63, 3.8) is 0 Å². The average molecular weight is 356 g/mol. The van der Waals surface area contributed by atoms with Crippen molar-refractivity contribution in [3.05, 3.63) is 48.0 Å².